The Kier molecular flexibility index (Phi) is 18.7. The van der Waals surface area contributed by atoms with E-state index >= 15 is 0 Å². The van der Waals surface area contributed by atoms with Crippen molar-refractivity contribution < 1.29 is 42.4 Å². The number of carbonyl (C=O) groups excluding carboxylic acids is 2. The van der Waals surface area contributed by atoms with E-state index in [0.29, 0.717) is 19.6 Å². The number of methoxy groups -OCH3 is 2. The van der Waals surface area contributed by atoms with E-state index in [4.69, 9.17) is 32.8 Å². The lowest BCUT2D eigenvalue weighted by Gasteiger charge is -2.42. The molecule has 0 aromatic heterocycles. The lowest BCUT2D eigenvalue weighted by molar-refractivity contribution is -0.168. The molecule has 0 N–H and O–H groups in total. The largest absolute Gasteiger partial charge is 0.468 e. The second-order valence-corrected chi connectivity index (χ2v) is 21.9. The highest BCUT2D eigenvalue weighted by molar-refractivity contribution is 6.74. The van der Waals surface area contributed by atoms with Crippen molar-refractivity contribution in [3.63, 3.8) is 0 Å². The first kappa shape index (κ1) is 47.7. The molecular weight excluding hydrogens is 761 g/mol. The number of benzene rings is 4. The molecular formula is C49H66O9Si. The summed E-state index contributed by atoms with van der Waals surface area (Å²) in [6.07, 6.45) is -2.73. The number of Topliss-reactive ketones (excluding diaryl/α,β-unsaturated/α-hetero) is 1. The molecule has 0 unspecified atom stereocenters. The zero-order chi connectivity index (χ0) is 42.9. The van der Waals surface area contributed by atoms with Gasteiger partial charge in [-0.2, -0.15) is 0 Å². The van der Waals surface area contributed by atoms with Gasteiger partial charge < -0.3 is 32.8 Å². The lowest BCUT2D eigenvalue weighted by Crippen LogP contribution is -2.51. The summed E-state index contributed by atoms with van der Waals surface area (Å²) in [5.74, 6) is -1.09. The second-order valence-electron chi connectivity index (χ2n) is 17.1. The van der Waals surface area contributed by atoms with Gasteiger partial charge in [0.2, 0.25) is 0 Å². The normalized spacial score (nSPS) is 14.9. The molecule has 0 aliphatic carbocycles. The Hall–Kier alpha value is -4.00. The number of ether oxygens (including phenoxy) is 6. The van der Waals surface area contributed by atoms with E-state index < -0.39 is 56.0 Å². The van der Waals surface area contributed by atoms with Crippen LogP contribution >= 0.6 is 0 Å². The standard InChI is InChI=1S/C49H66O9Si/c1-48(2,3)59(8,9)58-41(30-42(52-6)44(56-34-39-26-18-12-19-27-39)36-54-32-37-22-14-10-15-23-37)31-43(55-33-38-24-16-11-17-25-38)45(46(50)49(4,5)47(51)53-7)57-35-40-28-20-13-21-29-40/h10-29,41-45H,30-36H2,1-9H3/t41-,42+,43+,44+,45+/m1/s1. The topological polar surface area (TPSA) is 98.8 Å². The Morgan fingerprint density at radius 1 is 0.559 bits per heavy atom. The number of hydrogen-bond donors (Lipinski definition) is 0. The van der Waals surface area contributed by atoms with Gasteiger partial charge in [0.05, 0.1) is 58.5 Å². The fourth-order valence-electron chi connectivity index (χ4n) is 6.49. The van der Waals surface area contributed by atoms with Crippen molar-refractivity contribution >= 4 is 20.1 Å². The van der Waals surface area contributed by atoms with Crippen LogP contribution in [-0.2, 0) is 68.9 Å². The third-order valence-electron chi connectivity index (χ3n) is 11.2. The van der Waals surface area contributed by atoms with Gasteiger partial charge in [-0.15, -0.1) is 0 Å². The predicted octanol–water partition coefficient (Wildman–Crippen LogP) is 9.91. The summed E-state index contributed by atoms with van der Waals surface area (Å²) < 4.78 is 45.0. The Morgan fingerprint density at radius 3 is 1.39 bits per heavy atom. The summed E-state index contributed by atoms with van der Waals surface area (Å²) >= 11 is 0. The molecule has 59 heavy (non-hydrogen) atoms. The van der Waals surface area contributed by atoms with Gasteiger partial charge in [0.25, 0.3) is 0 Å². The number of carbonyl (C=O) groups is 2. The average Bonchev–Trinajstić information content (AvgIpc) is 3.23. The minimum Gasteiger partial charge on any atom is -0.468 e. The fourth-order valence-corrected chi connectivity index (χ4v) is 7.87. The predicted molar refractivity (Wildman–Crippen MR) is 234 cm³/mol. The van der Waals surface area contributed by atoms with Crippen LogP contribution in [0.3, 0.4) is 0 Å². The molecule has 4 aromatic rings. The highest BCUT2D eigenvalue weighted by Crippen LogP contribution is 2.39. The second kappa shape index (κ2) is 23.1. The maximum Gasteiger partial charge on any atom is 0.318 e. The molecule has 4 aromatic carbocycles. The van der Waals surface area contributed by atoms with E-state index in [1.54, 1.807) is 21.0 Å². The summed E-state index contributed by atoms with van der Waals surface area (Å²) in [6.45, 7) is 15.6. The molecule has 320 valence electrons. The highest BCUT2D eigenvalue weighted by atomic mass is 28.4. The van der Waals surface area contributed by atoms with Crippen LogP contribution in [0.2, 0.25) is 18.1 Å². The number of rotatable bonds is 25. The Morgan fingerprint density at radius 2 is 0.966 bits per heavy atom. The maximum absolute atomic E-state index is 14.7. The molecule has 0 saturated carbocycles. The van der Waals surface area contributed by atoms with E-state index in [1.807, 2.05) is 121 Å². The quantitative estimate of drug-likeness (QED) is 0.0368. The van der Waals surface area contributed by atoms with Gasteiger partial charge in [0.1, 0.15) is 17.6 Å². The SMILES string of the molecule is COC(=O)C(C)(C)C(=O)[C@@H](OCc1ccccc1)[C@H](C[C@@H](C[C@H](OC)[C@H](COCc1ccccc1)OCc1ccccc1)O[Si](C)(C)C(C)(C)C)OCc1ccccc1. The first-order valence-corrected chi connectivity index (χ1v) is 23.5. The van der Waals surface area contributed by atoms with Gasteiger partial charge in [-0.1, -0.05) is 142 Å². The summed E-state index contributed by atoms with van der Waals surface area (Å²) in [4.78, 5) is 27.9. The molecule has 5 atom stereocenters. The Bertz CT molecular complexity index is 1800. The summed E-state index contributed by atoms with van der Waals surface area (Å²) in [6, 6.07) is 39.5. The van der Waals surface area contributed by atoms with Crippen LogP contribution < -0.4 is 0 Å². The van der Waals surface area contributed by atoms with Gasteiger partial charge in [0, 0.05) is 20.0 Å². The smallest absolute Gasteiger partial charge is 0.318 e. The Labute approximate surface area is 353 Å². The van der Waals surface area contributed by atoms with Crippen molar-refractivity contribution in [2.24, 2.45) is 5.41 Å². The number of hydrogen-bond acceptors (Lipinski definition) is 9. The van der Waals surface area contributed by atoms with Gasteiger partial charge in [0.15, 0.2) is 14.1 Å². The maximum atomic E-state index is 14.7. The zero-order valence-electron chi connectivity index (χ0n) is 36.6. The molecule has 4 rings (SSSR count). The third kappa shape index (κ3) is 14.9. The van der Waals surface area contributed by atoms with E-state index in [0.717, 1.165) is 22.3 Å². The van der Waals surface area contributed by atoms with E-state index in [9.17, 15) is 9.59 Å². The van der Waals surface area contributed by atoms with Crippen molar-refractivity contribution in [3.05, 3.63) is 144 Å². The van der Waals surface area contributed by atoms with Crippen LogP contribution in [0, 0.1) is 5.41 Å². The molecule has 0 aliphatic rings. The monoisotopic (exact) mass is 826 g/mol. The number of esters is 1. The fraction of sp³-hybridized carbons (Fsp3) is 0.469. The van der Waals surface area contributed by atoms with Gasteiger partial charge >= 0.3 is 5.97 Å². The molecule has 0 radical (unpaired) electrons. The first-order chi connectivity index (χ1) is 28.1. The van der Waals surface area contributed by atoms with Crippen LogP contribution in [0.1, 0.15) is 69.7 Å². The van der Waals surface area contributed by atoms with Gasteiger partial charge in [-0.3, -0.25) is 9.59 Å². The van der Waals surface area contributed by atoms with Crippen molar-refractivity contribution in [2.75, 3.05) is 20.8 Å². The first-order valence-electron chi connectivity index (χ1n) is 20.6. The van der Waals surface area contributed by atoms with Crippen LogP contribution in [0.4, 0.5) is 0 Å². The van der Waals surface area contributed by atoms with Gasteiger partial charge in [-0.05, 0) is 54.2 Å². The molecule has 0 aliphatic heterocycles. The van der Waals surface area contributed by atoms with Crippen molar-refractivity contribution in [1.29, 1.82) is 0 Å². The molecule has 0 heterocycles. The summed E-state index contributed by atoms with van der Waals surface area (Å²) in [7, 11) is 0.515. The van der Waals surface area contributed by atoms with Crippen LogP contribution in [0.5, 0.6) is 0 Å². The van der Waals surface area contributed by atoms with Crippen molar-refractivity contribution in [2.45, 2.75) is 123 Å². The molecule has 0 fully saturated rings. The molecule has 0 spiro atoms. The Balaban J connectivity index is 1.74. The molecule has 0 bridgehead atoms. The van der Waals surface area contributed by atoms with Crippen LogP contribution in [0.25, 0.3) is 0 Å². The molecule has 0 saturated heterocycles. The zero-order valence-corrected chi connectivity index (χ0v) is 37.6. The number of ketones is 1. The minimum absolute atomic E-state index is 0.127. The lowest BCUT2D eigenvalue weighted by atomic mass is 9.82. The minimum atomic E-state index is -2.45. The van der Waals surface area contributed by atoms with Crippen molar-refractivity contribution in [1.82, 2.24) is 0 Å². The van der Waals surface area contributed by atoms with Crippen LogP contribution in [-0.4, -0.2) is 71.4 Å². The summed E-state index contributed by atoms with van der Waals surface area (Å²) in [5, 5.41) is -0.137. The molecule has 0 amide bonds. The average molecular weight is 827 g/mol. The molecule has 9 nitrogen and oxygen atoms in total. The summed E-state index contributed by atoms with van der Waals surface area (Å²) in [5.41, 5.74) is 2.37. The highest BCUT2D eigenvalue weighted by Gasteiger charge is 2.47. The third-order valence-corrected chi connectivity index (χ3v) is 15.7. The van der Waals surface area contributed by atoms with Crippen LogP contribution in [0.15, 0.2) is 121 Å². The van der Waals surface area contributed by atoms with E-state index in [2.05, 4.69) is 33.9 Å². The van der Waals surface area contributed by atoms with E-state index in [1.165, 1.54) is 7.11 Å². The van der Waals surface area contributed by atoms with E-state index in [-0.39, 0.29) is 31.3 Å². The van der Waals surface area contributed by atoms with Crippen molar-refractivity contribution in [3.8, 4) is 0 Å². The molecule has 10 heteroatoms. The van der Waals surface area contributed by atoms with Gasteiger partial charge in [-0.25, -0.2) is 0 Å².